The molecular formula is C18H18Cl2N4O3. The first-order valence-corrected chi connectivity index (χ1v) is 8.99. The molecule has 142 valence electrons. The zero-order valence-electron chi connectivity index (χ0n) is 14.1. The Bertz CT molecular complexity index is 900. The van der Waals surface area contributed by atoms with Crippen LogP contribution in [0.1, 0.15) is 17.5 Å². The lowest BCUT2D eigenvalue weighted by Gasteiger charge is -2.19. The third kappa shape index (κ3) is 4.26. The van der Waals surface area contributed by atoms with Gasteiger partial charge in [-0.1, -0.05) is 47.2 Å². The molecule has 4 unspecified atom stereocenters. The van der Waals surface area contributed by atoms with Gasteiger partial charge < -0.3 is 26.4 Å². The van der Waals surface area contributed by atoms with Crippen LogP contribution in [-0.2, 0) is 0 Å². The van der Waals surface area contributed by atoms with Crippen molar-refractivity contribution in [3.8, 4) is 11.8 Å². The summed E-state index contributed by atoms with van der Waals surface area (Å²) in [6.07, 6.45) is -1.78. The zero-order chi connectivity index (χ0) is 19.6. The van der Waals surface area contributed by atoms with Crippen molar-refractivity contribution in [2.24, 2.45) is 5.92 Å². The Balaban J connectivity index is 1.94. The minimum atomic E-state index is -1.08. The number of rotatable bonds is 3. The number of halogens is 2. The van der Waals surface area contributed by atoms with E-state index in [1.165, 1.54) is 0 Å². The van der Waals surface area contributed by atoms with Crippen LogP contribution in [-0.4, -0.2) is 50.1 Å². The number of aromatic nitrogens is 2. The molecule has 0 bridgehead atoms. The van der Waals surface area contributed by atoms with E-state index < -0.39 is 24.2 Å². The highest BCUT2D eigenvalue weighted by molar-refractivity contribution is 6.32. The van der Waals surface area contributed by atoms with Crippen molar-refractivity contribution in [2.75, 3.05) is 17.7 Å². The van der Waals surface area contributed by atoms with E-state index >= 15 is 0 Å². The lowest BCUT2D eigenvalue weighted by molar-refractivity contribution is 0.00445. The molecule has 1 fully saturated rings. The van der Waals surface area contributed by atoms with Gasteiger partial charge in [-0.3, -0.25) is 0 Å². The topological polar surface area (TPSA) is 125 Å². The molecule has 7 nitrogen and oxygen atoms in total. The Hall–Kier alpha value is -2.08. The fourth-order valence-electron chi connectivity index (χ4n) is 2.98. The molecule has 0 saturated heterocycles. The number of nitrogens with two attached hydrogens (primary N) is 1. The maximum Gasteiger partial charge on any atom is 0.223 e. The van der Waals surface area contributed by atoms with Crippen LogP contribution in [0.4, 0.5) is 11.8 Å². The van der Waals surface area contributed by atoms with Crippen LogP contribution in [0, 0.1) is 17.8 Å². The number of aliphatic hydroxyl groups excluding tert-OH is 3. The summed E-state index contributed by atoms with van der Waals surface area (Å²) in [7, 11) is 0. The molecule has 1 heterocycles. The average Bonchev–Trinajstić information content (AvgIpc) is 2.90. The number of hydrogen-bond donors (Lipinski definition) is 5. The second-order valence-electron chi connectivity index (χ2n) is 6.24. The van der Waals surface area contributed by atoms with Crippen LogP contribution in [0.3, 0.4) is 0 Å². The van der Waals surface area contributed by atoms with Crippen molar-refractivity contribution in [3.63, 3.8) is 0 Å². The largest absolute Gasteiger partial charge is 0.396 e. The van der Waals surface area contributed by atoms with Gasteiger partial charge in [-0.2, -0.15) is 9.97 Å². The first kappa shape index (κ1) is 19.7. The Morgan fingerprint density at radius 1 is 1.15 bits per heavy atom. The van der Waals surface area contributed by atoms with Gasteiger partial charge in [-0.15, -0.1) is 0 Å². The van der Waals surface area contributed by atoms with Crippen LogP contribution >= 0.6 is 23.2 Å². The number of benzene rings is 1. The summed E-state index contributed by atoms with van der Waals surface area (Å²) >= 11 is 12.3. The van der Waals surface area contributed by atoms with Crippen molar-refractivity contribution in [2.45, 2.75) is 24.7 Å². The van der Waals surface area contributed by atoms with Gasteiger partial charge in [0.1, 0.15) is 17.5 Å². The van der Waals surface area contributed by atoms with E-state index in [0.717, 1.165) is 0 Å². The standard InChI is InChI=1S/C18H18Cl2N4O3/c19-12-4-2-1-3-9(12)5-6-11-16(20)23-18(21)24-17(11)22-13-7-10(8-25)14(26)15(13)27/h1-4,10,13-15,25-27H,7-8H2,(H3,21,22,23,24). The van der Waals surface area contributed by atoms with E-state index in [4.69, 9.17) is 28.9 Å². The van der Waals surface area contributed by atoms with E-state index in [0.29, 0.717) is 22.6 Å². The van der Waals surface area contributed by atoms with Crippen molar-refractivity contribution in [3.05, 3.63) is 45.6 Å². The molecule has 0 amide bonds. The summed E-state index contributed by atoms with van der Waals surface area (Å²) < 4.78 is 0. The van der Waals surface area contributed by atoms with Gasteiger partial charge in [-0.25, -0.2) is 0 Å². The molecule has 27 heavy (non-hydrogen) atoms. The summed E-state index contributed by atoms with van der Waals surface area (Å²) in [6, 6.07) is 6.53. The van der Waals surface area contributed by atoms with E-state index in [1.54, 1.807) is 24.3 Å². The van der Waals surface area contributed by atoms with Crippen molar-refractivity contribution in [1.82, 2.24) is 9.97 Å². The quantitative estimate of drug-likeness (QED) is 0.382. The molecule has 9 heteroatoms. The Labute approximate surface area is 166 Å². The maximum absolute atomic E-state index is 10.2. The SMILES string of the molecule is Nc1nc(Cl)c(C#Cc2ccccc2Cl)c(NC2CC(CO)C(O)C2O)n1. The highest BCUT2D eigenvalue weighted by atomic mass is 35.5. The number of aliphatic hydroxyl groups is 3. The van der Waals surface area contributed by atoms with Gasteiger partial charge in [0.25, 0.3) is 0 Å². The second kappa shape index (κ2) is 8.30. The lowest BCUT2D eigenvalue weighted by atomic mass is 10.1. The van der Waals surface area contributed by atoms with Gasteiger partial charge in [0.2, 0.25) is 5.95 Å². The van der Waals surface area contributed by atoms with Crippen molar-refractivity contribution < 1.29 is 15.3 Å². The van der Waals surface area contributed by atoms with Gasteiger partial charge in [0.05, 0.1) is 17.2 Å². The fraction of sp³-hybridized carbons (Fsp3) is 0.333. The molecule has 1 aliphatic rings. The van der Waals surface area contributed by atoms with E-state index in [-0.39, 0.29) is 23.5 Å². The average molecular weight is 409 g/mol. The third-order valence-electron chi connectivity index (χ3n) is 4.44. The number of anilines is 2. The fourth-order valence-corrected chi connectivity index (χ4v) is 3.39. The molecule has 2 aromatic rings. The molecule has 1 aliphatic carbocycles. The number of nitrogens with zero attached hydrogens (tertiary/aromatic N) is 2. The third-order valence-corrected chi connectivity index (χ3v) is 5.04. The molecule has 0 spiro atoms. The number of hydrogen-bond acceptors (Lipinski definition) is 7. The monoisotopic (exact) mass is 408 g/mol. The molecule has 4 atom stereocenters. The van der Waals surface area contributed by atoms with Crippen molar-refractivity contribution >= 4 is 35.0 Å². The highest BCUT2D eigenvalue weighted by Crippen LogP contribution is 2.30. The molecular weight excluding hydrogens is 391 g/mol. The van der Waals surface area contributed by atoms with E-state index in [9.17, 15) is 15.3 Å². The van der Waals surface area contributed by atoms with E-state index in [2.05, 4.69) is 27.1 Å². The lowest BCUT2D eigenvalue weighted by Crippen LogP contribution is -2.35. The molecule has 1 aromatic heterocycles. The van der Waals surface area contributed by atoms with Crippen LogP contribution in [0.5, 0.6) is 0 Å². The molecule has 3 rings (SSSR count). The predicted octanol–water partition coefficient (Wildman–Crippen LogP) is 1.28. The first-order chi connectivity index (χ1) is 12.9. The van der Waals surface area contributed by atoms with Crippen LogP contribution < -0.4 is 11.1 Å². The zero-order valence-corrected chi connectivity index (χ0v) is 15.6. The minimum absolute atomic E-state index is 0.0521. The Morgan fingerprint density at radius 3 is 2.56 bits per heavy atom. The van der Waals surface area contributed by atoms with Gasteiger partial charge in [0, 0.05) is 18.1 Å². The highest BCUT2D eigenvalue weighted by Gasteiger charge is 2.41. The number of nitrogen functional groups attached to an aromatic ring is 1. The predicted molar refractivity (Wildman–Crippen MR) is 104 cm³/mol. The molecule has 6 N–H and O–H groups in total. The first-order valence-electron chi connectivity index (χ1n) is 8.23. The van der Waals surface area contributed by atoms with E-state index in [1.807, 2.05) is 0 Å². The Morgan fingerprint density at radius 2 is 1.89 bits per heavy atom. The summed E-state index contributed by atoms with van der Waals surface area (Å²) in [4.78, 5) is 8.04. The Kier molecular flexibility index (Phi) is 6.05. The maximum atomic E-state index is 10.2. The normalized spacial score (nSPS) is 24.3. The summed E-state index contributed by atoms with van der Waals surface area (Å²) in [5.74, 6) is 5.54. The summed E-state index contributed by atoms with van der Waals surface area (Å²) in [5, 5.41) is 33.1. The molecule has 0 radical (unpaired) electrons. The van der Waals surface area contributed by atoms with Crippen LogP contribution in [0.25, 0.3) is 0 Å². The summed E-state index contributed by atoms with van der Waals surface area (Å²) in [6.45, 7) is -0.234. The molecule has 1 aromatic carbocycles. The van der Waals surface area contributed by atoms with Gasteiger partial charge in [-0.05, 0) is 18.6 Å². The number of nitrogens with one attached hydrogen (secondary N) is 1. The summed E-state index contributed by atoms with van der Waals surface area (Å²) in [5.41, 5.74) is 6.58. The van der Waals surface area contributed by atoms with Gasteiger partial charge >= 0.3 is 0 Å². The van der Waals surface area contributed by atoms with Crippen LogP contribution in [0.2, 0.25) is 10.2 Å². The second-order valence-corrected chi connectivity index (χ2v) is 7.00. The van der Waals surface area contributed by atoms with Gasteiger partial charge in [0.15, 0.2) is 5.15 Å². The molecule has 0 aliphatic heterocycles. The smallest absolute Gasteiger partial charge is 0.223 e. The van der Waals surface area contributed by atoms with Crippen molar-refractivity contribution in [1.29, 1.82) is 0 Å². The molecule has 1 saturated carbocycles. The minimum Gasteiger partial charge on any atom is -0.396 e. The van der Waals surface area contributed by atoms with Crippen LogP contribution in [0.15, 0.2) is 24.3 Å².